The van der Waals surface area contributed by atoms with Gasteiger partial charge in [0, 0.05) is 17.8 Å². The third-order valence-electron chi connectivity index (χ3n) is 4.80. The molecule has 174 valence electrons. The fraction of sp³-hybridized carbons (Fsp3) is 0.346. The van der Waals surface area contributed by atoms with Gasteiger partial charge in [-0.3, -0.25) is 9.59 Å². The van der Waals surface area contributed by atoms with E-state index < -0.39 is 23.6 Å². The van der Waals surface area contributed by atoms with Crippen LogP contribution in [-0.4, -0.2) is 41.5 Å². The first-order chi connectivity index (χ1) is 15.6. The molecule has 0 saturated carbocycles. The number of anilines is 1. The molecule has 33 heavy (non-hydrogen) atoms. The lowest BCUT2D eigenvalue weighted by molar-refractivity contribution is -0.138. The zero-order valence-electron chi connectivity index (χ0n) is 19.8. The average Bonchev–Trinajstić information content (AvgIpc) is 2.76. The maximum absolute atomic E-state index is 13.4. The molecule has 1 atom stereocenters. The topological polar surface area (TPSA) is 87.7 Å². The largest absolute Gasteiger partial charge is 0.444 e. The molecule has 0 aliphatic rings. The van der Waals surface area contributed by atoms with Crippen molar-refractivity contribution in [1.82, 2.24) is 10.2 Å². The van der Waals surface area contributed by atoms with Crippen molar-refractivity contribution in [2.75, 3.05) is 18.4 Å². The highest BCUT2D eigenvalue weighted by Gasteiger charge is 2.31. The second-order valence-electron chi connectivity index (χ2n) is 8.51. The molecule has 2 aromatic rings. The number of terminal acetylenes is 1. The van der Waals surface area contributed by atoms with Crippen LogP contribution in [0.5, 0.6) is 0 Å². The average molecular weight is 450 g/mol. The summed E-state index contributed by atoms with van der Waals surface area (Å²) in [6.45, 7) is 8.81. The first kappa shape index (κ1) is 25.5. The smallest absolute Gasteiger partial charge is 0.408 e. The summed E-state index contributed by atoms with van der Waals surface area (Å²) in [5.41, 5.74) is 2.13. The summed E-state index contributed by atoms with van der Waals surface area (Å²) in [5.74, 6) is 1.75. The SMILES string of the molecule is C#Cc1ccc(C(C(=O)Nc2ccccc2C)N(CC)C(=O)CNC(=O)OC(C)(C)C)cc1. The predicted molar refractivity (Wildman–Crippen MR) is 129 cm³/mol. The van der Waals surface area contributed by atoms with Crippen molar-refractivity contribution in [1.29, 1.82) is 0 Å². The highest BCUT2D eigenvalue weighted by Crippen LogP contribution is 2.25. The van der Waals surface area contributed by atoms with E-state index in [1.807, 2.05) is 25.1 Å². The molecule has 0 radical (unpaired) electrons. The van der Waals surface area contributed by atoms with Gasteiger partial charge in [-0.05, 0) is 63.9 Å². The number of nitrogens with zero attached hydrogens (tertiary/aromatic N) is 1. The van der Waals surface area contributed by atoms with Crippen molar-refractivity contribution < 1.29 is 19.1 Å². The zero-order chi connectivity index (χ0) is 24.6. The van der Waals surface area contributed by atoms with Gasteiger partial charge in [0.1, 0.15) is 18.2 Å². The standard InChI is InChI=1S/C26H31N3O4/c1-7-19-13-15-20(16-14-19)23(24(31)28-21-12-10-9-11-18(21)3)29(8-2)22(30)17-27-25(32)33-26(4,5)6/h1,9-16,23H,8,17H2,2-6H3,(H,27,32)(H,28,31). The van der Waals surface area contributed by atoms with Gasteiger partial charge in [0.2, 0.25) is 5.91 Å². The molecule has 2 N–H and O–H groups in total. The van der Waals surface area contributed by atoms with Crippen LogP contribution >= 0.6 is 0 Å². The Morgan fingerprint density at radius 1 is 1.09 bits per heavy atom. The van der Waals surface area contributed by atoms with Gasteiger partial charge in [-0.1, -0.05) is 36.3 Å². The number of benzene rings is 2. The first-order valence-corrected chi connectivity index (χ1v) is 10.7. The minimum absolute atomic E-state index is 0.248. The van der Waals surface area contributed by atoms with Gasteiger partial charge in [-0.25, -0.2) is 4.79 Å². The number of carbonyl (C=O) groups is 3. The highest BCUT2D eigenvalue weighted by atomic mass is 16.6. The van der Waals surface area contributed by atoms with Crippen molar-refractivity contribution in [3.63, 3.8) is 0 Å². The molecule has 0 saturated heterocycles. The van der Waals surface area contributed by atoms with Gasteiger partial charge < -0.3 is 20.3 Å². The van der Waals surface area contributed by atoms with Gasteiger partial charge in [0.25, 0.3) is 5.91 Å². The Labute approximate surface area is 195 Å². The number of ether oxygens (including phenoxy) is 1. The van der Waals surface area contributed by atoms with Crippen LogP contribution < -0.4 is 10.6 Å². The van der Waals surface area contributed by atoms with Crippen molar-refractivity contribution in [3.05, 3.63) is 65.2 Å². The lowest BCUT2D eigenvalue weighted by Crippen LogP contribution is -2.46. The number of aryl methyl sites for hydroxylation is 1. The number of hydrogen-bond acceptors (Lipinski definition) is 4. The fourth-order valence-corrected chi connectivity index (χ4v) is 3.22. The van der Waals surface area contributed by atoms with E-state index in [4.69, 9.17) is 11.2 Å². The molecular weight excluding hydrogens is 418 g/mol. The lowest BCUT2D eigenvalue weighted by Gasteiger charge is -2.31. The molecule has 2 rings (SSSR count). The molecule has 0 aliphatic heterocycles. The molecule has 0 fully saturated rings. The Balaban J connectivity index is 2.30. The van der Waals surface area contributed by atoms with E-state index in [0.29, 0.717) is 16.8 Å². The first-order valence-electron chi connectivity index (χ1n) is 10.7. The third kappa shape index (κ3) is 7.39. The minimum Gasteiger partial charge on any atom is -0.444 e. The van der Waals surface area contributed by atoms with E-state index in [2.05, 4.69) is 16.6 Å². The van der Waals surface area contributed by atoms with E-state index in [1.165, 1.54) is 4.90 Å². The summed E-state index contributed by atoms with van der Waals surface area (Å²) in [7, 11) is 0. The van der Waals surface area contributed by atoms with Crippen molar-refractivity contribution >= 4 is 23.6 Å². The summed E-state index contributed by atoms with van der Waals surface area (Å²) in [6.07, 6.45) is 4.75. The van der Waals surface area contributed by atoms with Crippen LogP contribution in [0.1, 0.15) is 50.4 Å². The van der Waals surface area contributed by atoms with Crippen LogP contribution in [0.4, 0.5) is 10.5 Å². The molecule has 1 unspecified atom stereocenters. The number of para-hydroxylation sites is 1. The number of alkyl carbamates (subject to hydrolysis) is 1. The molecule has 7 heteroatoms. The van der Waals surface area contributed by atoms with E-state index in [-0.39, 0.29) is 19.0 Å². The van der Waals surface area contributed by atoms with Gasteiger partial charge in [0.15, 0.2) is 0 Å². The van der Waals surface area contributed by atoms with E-state index in [0.717, 1.165) is 5.56 Å². The molecule has 0 aromatic heterocycles. The van der Waals surface area contributed by atoms with E-state index in [9.17, 15) is 14.4 Å². The van der Waals surface area contributed by atoms with Crippen LogP contribution in [0.25, 0.3) is 0 Å². The summed E-state index contributed by atoms with van der Waals surface area (Å²) in [4.78, 5) is 39.8. The van der Waals surface area contributed by atoms with E-state index in [1.54, 1.807) is 58.0 Å². The molecule has 0 heterocycles. The highest BCUT2D eigenvalue weighted by molar-refractivity contribution is 5.98. The lowest BCUT2D eigenvalue weighted by atomic mass is 10.0. The Bertz CT molecular complexity index is 1030. The van der Waals surface area contributed by atoms with Gasteiger partial charge in [-0.2, -0.15) is 0 Å². The number of likely N-dealkylation sites (N-methyl/N-ethyl adjacent to an activating group) is 1. The van der Waals surface area contributed by atoms with E-state index >= 15 is 0 Å². The normalized spacial score (nSPS) is 11.6. The minimum atomic E-state index is -0.922. The van der Waals surface area contributed by atoms with Crippen molar-refractivity contribution in [2.24, 2.45) is 0 Å². The monoisotopic (exact) mass is 449 g/mol. The number of rotatable bonds is 7. The Hall–Kier alpha value is -3.79. The van der Waals surface area contributed by atoms with Crippen LogP contribution in [0.15, 0.2) is 48.5 Å². The number of nitrogens with one attached hydrogen (secondary N) is 2. The third-order valence-corrected chi connectivity index (χ3v) is 4.80. The van der Waals surface area contributed by atoms with Crippen molar-refractivity contribution in [2.45, 2.75) is 46.3 Å². The summed E-state index contributed by atoms with van der Waals surface area (Å²) in [5, 5.41) is 5.38. The number of carbonyl (C=O) groups excluding carboxylic acids is 3. The number of amides is 3. The Kier molecular flexibility index (Phi) is 8.63. The fourth-order valence-electron chi connectivity index (χ4n) is 3.22. The van der Waals surface area contributed by atoms with Gasteiger partial charge in [0.05, 0.1) is 0 Å². The molecule has 0 spiro atoms. The van der Waals surface area contributed by atoms with Gasteiger partial charge in [-0.15, -0.1) is 6.42 Å². The molecule has 2 aromatic carbocycles. The molecule has 7 nitrogen and oxygen atoms in total. The Morgan fingerprint density at radius 3 is 2.27 bits per heavy atom. The second-order valence-corrected chi connectivity index (χ2v) is 8.51. The maximum atomic E-state index is 13.4. The van der Waals surface area contributed by atoms with Crippen LogP contribution in [0.3, 0.4) is 0 Å². The summed E-state index contributed by atoms with van der Waals surface area (Å²) in [6, 6.07) is 13.4. The van der Waals surface area contributed by atoms with Crippen LogP contribution in [0, 0.1) is 19.3 Å². The maximum Gasteiger partial charge on any atom is 0.408 e. The van der Waals surface area contributed by atoms with Crippen LogP contribution in [-0.2, 0) is 14.3 Å². The Morgan fingerprint density at radius 2 is 1.73 bits per heavy atom. The predicted octanol–water partition coefficient (Wildman–Crippen LogP) is 4.03. The second kappa shape index (κ2) is 11.2. The number of hydrogen-bond donors (Lipinski definition) is 2. The zero-order valence-corrected chi connectivity index (χ0v) is 19.8. The molecule has 3 amide bonds. The molecule has 0 aliphatic carbocycles. The summed E-state index contributed by atoms with van der Waals surface area (Å²) >= 11 is 0. The molecule has 0 bridgehead atoms. The molecular formula is C26H31N3O4. The summed E-state index contributed by atoms with van der Waals surface area (Å²) < 4.78 is 5.19. The van der Waals surface area contributed by atoms with Gasteiger partial charge >= 0.3 is 6.09 Å². The van der Waals surface area contributed by atoms with Crippen LogP contribution in [0.2, 0.25) is 0 Å². The quantitative estimate of drug-likeness (QED) is 0.625. The van der Waals surface area contributed by atoms with Crippen molar-refractivity contribution in [3.8, 4) is 12.3 Å².